The van der Waals surface area contributed by atoms with Gasteiger partial charge in [-0.15, -0.1) is 0 Å². The molecule has 4 heteroatoms. The van der Waals surface area contributed by atoms with E-state index in [4.69, 9.17) is 16.4 Å². The molecule has 0 heterocycles. The Bertz CT molecular complexity index is 20.0. The third-order valence-electron chi connectivity index (χ3n) is 0.0423. The molecule has 0 aliphatic rings. The largest absolute Gasteiger partial charge is 0.279 e. The second kappa shape index (κ2) is 3.82. The maximum atomic E-state index is 6.30. The number of halogens is 1. The Hall–Kier alpha value is 0.820. The van der Waals surface area contributed by atoms with Gasteiger partial charge in [-0.05, 0) is 0 Å². The maximum Gasteiger partial charge on any atom is 0.0484 e. The molecule has 0 saturated heterocycles. The summed E-state index contributed by atoms with van der Waals surface area (Å²) < 4.78 is 0. The van der Waals surface area contributed by atoms with Crippen molar-refractivity contribution >= 4 is 26.9 Å². The average molecular weight is 113 g/mol. The second-order valence-corrected chi connectivity index (χ2v) is 3.29. The third kappa shape index (κ3) is 2.82. The average Bonchev–Trinajstić information content (AvgIpc) is 1.37. The van der Waals surface area contributed by atoms with E-state index in [0.29, 0.717) is 8.06 Å². The van der Waals surface area contributed by atoms with E-state index in [-0.39, 0.29) is 7.62 Å². The van der Waals surface area contributed by atoms with Crippen LogP contribution in [0.4, 0.5) is 0 Å². The van der Waals surface area contributed by atoms with Gasteiger partial charge in [0.1, 0.15) is 0 Å². The Labute approximate surface area is 32.9 Å². The lowest BCUT2D eigenvalue weighted by Gasteiger charge is -1.52. The first-order valence-corrected chi connectivity index (χ1v) is 4.38. The first kappa shape index (κ1) is 4.82. The summed E-state index contributed by atoms with van der Waals surface area (Å²) in [6, 6.07) is 0. The van der Waals surface area contributed by atoms with Crippen molar-refractivity contribution in [1.82, 2.24) is 0 Å². The highest BCUT2D eigenvalue weighted by Gasteiger charge is 1.51. The fraction of sp³-hybridized carbons (Fsp3) is 0. The Morgan fingerprint density at radius 1 is 2.00 bits per heavy atom. The highest BCUT2D eigenvalue weighted by Crippen LogP contribution is 2.30. The molecular formula is H2ClNP2. The molecule has 0 bridgehead atoms. The minimum absolute atomic E-state index is 0.252. The van der Waals surface area contributed by atoms with Crippen LogP contribution in [0.2, 0.25) is 0 Å². The van der Waals surface area contributed by atoms with Gasteiger partial charge in [-0.1, -0.05) is 11.2 Å². The quantitative estimate of drug-likeness (QED) is 0.505. The molecule has 0 fully saturated rings. The van der Waals surface area contributed by atoms with E-state index < -0.39 is 0 Å². The van der Waals surface area contributed by atoms with Crippen LogP contribution in [-0.2, 0) is 0 Å². The van der Waals surface area contributed by atoms with Crippen LogP contribution >= 0.6 is 26.9 Å². The van der Waals surface area contributed by atoms with Gasteiger partial charge in [0.25, 0.3) is 0 Å². The lowest BCUT2D eigenvalue weighted by atomic mass is 14.0. The number of hydrogen-bond donors (Lipinski definition) is 1. The molecular weight excluding hydrogens is 111 g/mol. The summed E-state index contributed by atoms with van der Waals surface area (Å²) in [5.41, 5.74) is 0. The monoisotopic (exact) mass is 113 g/mol. The standard InChI is InChI=1S/ClH2NP2/c1-3-4-2/h2-3H. The van der Waals surface area contributed by atoms with Crippen molar-refractivity contribution in [1.29, 1.82) is 5.16 Å². The topological polar surface area (TPSA) is 23.9 Å². The molecule has 1 unspecified atom stereocenters. The van der Waals surface area contributed by atoms with Gasteiger partial charge in [0, 0.05) is 15.7 Å². The summed E-state index contributed by atoms with van der Waals surface area (Å²) in [5, 5.41) is 6.30. The summed E-state index contributed by atoms with van der Waals surface area (Å²) in [5.74, 6) is 0. The van der Waals surface area contributed by atoms with E-state index in [0.717, 1.165) is 0 Å². The van der Waals surface area contributed by atoms with E-state index in [1.807, 2.05) is 0 Å². The van der Waals surface area contributed by atoms with Crippen molar-refractivity contribution in [3.63, 3.8) is 0 Å². The molecule has 1 nitrogen and oxygen atoms in total. The van der Waals surface area contributed by atoms with Crippen LogP contribution in [0, 0.1) is 5.16 Å². The van der Waals surface area contributed by atoms with Crippen LogP contribution in [0.1, 0.15) is 0 Å². The molecule has 0 rings (SSSR count). The zero-order valence-corrected chi connectivity index (χ0v) is 4.48. The Morgan fingerprint density at radius 2 is 2.25 bits per heavy atom. The predicted octanol–water partition coefficient (Wildman–Crippen LogP) is 2.44. The first-order valence-electron chi connectivity index (χ1n) is 0.636. The van der Waals surface area contributed by atoms with Gasteiger partial charge >= 0.3 is 0 Å². The Kier molecular flexibility index (Phi) is 4.60. The van der Waals surface area contributed by atoms with Crippen molar-refractivity contribution in [2.24, 2.45) is 0 Å². The van der Waals surface area contributed by atoms with Crippen LogP contribution in [0.5, 0.6) is 0 Å². The zero-order valence-electron chi connectivity index (χ0n) is 1.83. The molecule has 4 heavy (non-hydrogen) atoms. The molecule has 24 valence electrons. The molecule has 0 saturated carbocycles. The third-order valence-corrected chi connectivity index (χ3v) is 1.14. The highest BCUT2D eigenvalue weighted by atomic mass is 35.7. The maximum absolute atomic E-state index is 6.30. The summed E-state index contributed by atoms with van der Waals surface area (Å²) >= 11 is 5.01. The lowest BCUT2D eigenvalue weighted by Crippen LogP contribution is -0.773. The van der Waals surface area contributed by atoms with Crippen molar-refractivity contribution in [2.45, 2.75) is 0 Å². The second-order valence-electron chi connectivity index (χ2n) is 0.196. The van der Waals surface area contributed by atoms with Gasteiger partial charge in [-0.2, -0.15) is 0 Å². The molecule has 0 spiro atoms. The van der Waals surface area contributed by atoms with E-state index in [1.54, 1.807) is 0 Å². The van der Waals surface area contributed by atoms with Crippen LogP contribution in [0.3, 0.4) is 0 Å². The van der Waals surface area contributed by atoms with Gasteiger partial charge in [0.15, 0.2) is 0 Å². The molecule has 0 aromatic rings. The fourth-order valence-corrected chi connectivity index (χ4v) is 0. The molecule has 0 aromatic carbocycles. The van der Waals surface area contributed by atoms with E-state index >= 15 is 0 Å². The summed E-state index contributed by atoms with van der Waals surface area (Å²) in [6.07, 6.45) is 0. The highest BCUT2D eigenvalue weighted by molar-refractivity contribution is 8.19. The smallest absolute Gasteiger partial charge is 0.0484 e. The normalized spacial score (nSPS) is 11.2. The van der Waals surface area contributed by atoms with E-state index in [2.05, 4.69) is 0 Å². The summed E-state index contributed by atoms with van der Waals surface area (Å²) in [4.78, 5) is 0. The van der Waals surface area contributed by atoms with Crippen molar-refractivity contribution in [2.75, 3.05) is 0 Å². The van der Waals surface area contributed by atoms with Crippen LogP contribution in [-0.4, -0.2) is 0 Å². The summed E-state index contributed by atoms with van der Waals surface area (Å²) in [6.45, 7) is 0. The van der Waals surface area contributed by atoms with Crippen molar-refractivity contribution in [3.05, 3.63) is 0 Å². The van der Waals surface area contributed by atoms with E-state index in [1.165, 1.54) is 0 Å². The Balaban J connectivity index is 2.30. The van der Waals surface area contributed by atoms with Gasteiger partial charge in [-0.25, -0.2) is 0 Å². The molecule has 0 amide bonds. The number of hydrogen-bond acceptors (Lipinski definition) is 1. The molecule has 0 aromatic heterocycles. The molecule has 0 aliphatic heterocycles. The molecule has 0 aliphatic carbocycles. The predicted molar refractivity (Wildman–Crippen MR) is 23.8 cm³/mol. The summed E-state index contributed by atoms with van der Waals surface area (Å²) in [7, 11) is 0.793. The van der Waals surface area contributed by atoms with Crippen LogP contribution < -0.4 is 0 Å². The van der Waals surface area contributed by atoms with Gasteiger partial charge in [0.05, 0.1) is 0 Å². The van der Waals surface area contributed by atoms with Crippen LogP contribution in [0.25, 0.3) is 0 Å². The van der Waals surface area contributed by atoms with Gasteiger partial charge in [-0.3, -0.25) is 5.16 Å². The lowest BCUT2D eigenvalue weighted by molar-refractivity contribution is 1.66. The molecule has 1 N–H and O–H groups in total. The van der Waals surface area contributed by atoms with Gasteiger partial charge in [0.2, 0.25) is 0 Å². The van der Waals surface area contributed by atoms with Crippen LogP contribution in [0.15, 0.2) is 0 Å². The van der Waals surface area contributed by atoms with Crippen molar-refractivity contribution in [3.8, 4) is 0 Å². The SMILES string of the molecule is N=PPCl. The van der Waals surface area contributed by atoms with E-state index in [9.17, 15) is 0 Å². The number of nitrogens with one attached hydrogen (secondary N) is 1. The molecule has 1 atom stereocenters. The number of rotatable bonds is 1. The minimum atomic E-state index is 0.252. The molecule has 0 radical (unpaired) electrons. The first-order chi connectivity index (χ1) is 1.91. The zero-order chi connectivity index (χ0) is 3.41. The van der Waals surface area contributed by atoms with Crippen molar-refractivity contribution < 1.29 is 0 Å². The Morgan fingerprint density at radius 3 is 2.25 bits per heavy atom. The van der Waals surface area contributed by atoms with Gasteiger partial charge < -0.3 is 0 Å². The minimum Gasteiger partial charge on any atom is -0.279 e. The fourth-order valence-electron chi connectivity index (χ4n) is 0.